The van der Waals surface area contributed by atoms with Gasteiger partial charge in [0.2, 0.25) is 12.7 Å². The van der Waals surface area contributed by atoms with E-state index in [1.807, 2.05) is 25.1 Å². The number of amides is 1. The molecule has 1 atom stereocenters. The molecule has 3 aromatic rings. The maximum Gasteiger partial charge on any atom is 0.262 e. The first-order chi connectivity index (χ1) is 14.1. The van der Waals surface area contributed by atoms with Gasteiger partial charge in [0.1, 0.15) is 0 Å². The van der Waals surface area contributed by atoms with Crippen molar-refractivity contribution in [1.82, 2.24) is 9.55 Å². The number of fused-ring (bicyclic) bond motifs is 2. The maximum absolute atomic E-state index is 12.9. The van der Waals surface area contributed by atoms with Gasteiger partial charge in [-0.15, -0.1) is 0 Å². The Morgan fingerprint density at radius 2 is 2.03 bits per heavy atom. The molecule has 2 heterocycles. The van der Waals surface area contributed by atoms with E-state index in [0.717, 1.165) is 6.42 Å². The van der Waals surface area contributed by atoms with Gasteiger partial charge < -0.3 is 14.8 Å². The molecule has 1 amide bonds. The fraction of sp³-hybridized carbons (Fsp3) is 0.286. The summed E-state index contributed by atoms with van der Waals surface area (Å²) in [6.07, 6.45) is 0.797. The molecule has 1 aliphatic rings. The van der Waals surface area contributed by atoms with Crippen LogP contribution in [0.25, 0.3) is 10.9 Å². The molecular weight excluding hydrogens is 390 g/mol. The van der Waals surface area contributed by atoms with Crippen molar-refractivity contribution < 1.29 is 14.3 Å². The minimum atomic E-state index is -0.448. The average Bonchev–Trinajstić information content (AvgIpc) is 3.18. The molecule has 0 fully saturated rings. The minimum absolute atomic E-state index is 0.0803. The highest BCUT2D eigenvalue weighted by atomic mass is 32.2. The van der Waals surface area contributed by atoms with Gasteiger partial charge in [-0.2, -0.15) is 0 Å². The van der Waals surface area contributed by atoms with E-state index in [0.29, 0.717) is 39.8 Å². The predicted molar refractivity (Wildman–Crippen MR) is 113 cm³/mol. The third-order valence-electron chi connectivity index (χ3n) is 4.57. The summed E-state index contributed by atoms with van der Waals surface area (Å²) in [5.41, 5.74) is 1.18. The fourth-order valence-corrected chi connectivity index (χ4v) is 4.02. The first-order valence-electron chi connectivity index (χ1n) is 9.43. The molecule has 2 aromatic carbocycles. The summed E-state index contributed by atoms with van der Waals surface area (Å²) in [6.45, 7) is 4.54. The molecule has 0 spiro atoms. The Balaban J connectivity index is 1.56. The molecule has 0 radical (unpaired) electrons. The number of para-hydroxylation sites is 1. The molecule has 1 unspecified atom stereocenters. The zero-order valence-corrected chi connectivity index (χ0v) is 17.0. The quantitative estimate of drug-likeness (QED) is 0.492. The molecular formula is C21H21N3O4S. The van der Waals surface area contributed by atoms with Crippen LogP contribution in [0.5, 0.6) is 11.5 Å². The molecule has 150 valence electrons. The van der Waals surface area contributed by atoms with Crippen LogP contribution < -0.4 is 20.3 Å². The van der Waals surface area contributed by atoms with Crippen molar-refractivity contribution in [3.8, 4) is 11.5 Å². The predicted octanol–water partition coefficient (Wildman–Crippen LogP) is 3.65. The van der Waals surface area contributed by atoms with Crippen LogP contribution in [0.1, 0.15) is 20.3 Å². The van der Waals surface area contributed by atoms with Gasteiger partial charge in [-0.3, -0.25) is 14.2 Å². The van der Waals surface area contributed by atoms with E-state index in [4.69, 9.17) is 9.47 Å². The zero-order chi connectivity index (χ0) is 20.4. The lowest BCUT2D eigenvalue weighted by atomic mass is 10.2. The van der Waals surface area contributed by atoms with Crippen LogP contribution in [0.3, 0.4) is 0 Å². The van der Waals surface area contributed by atoms with E-state index in [-0.39, 0.29) is 18.3 Å². The summed E-state index contributed by atoms with van der Waals surface area (Å²) in [6, 6.07) is 12.5. The molecule has 4 rings (SSSR count). The molecule has 1 N–H and O–H groups in total. The number of rotatable bonds is 6. The lowest BCUT2D eigenvalue weighted by Gasteiger charge is -2.16. The van der Waals surface area contributed by atoms with E-state index in [1.54, 1.807) is 35.8 Å². The number of carbonyl (C=O) groups is 1. The fourth-order valence-electron chi connectivity index (χ4n) is 3.09. The topological polar surface area (TPSA) is 82.5 Å². The van der Waals surface area contributed by atoms with Crippen molar-refractivity contribution in [2.45, 2.75) is 37.2 Å². The lowest BCUT2D eigenvalue weighted by Crippen LogP contribution is -2.27. The number of hydrogen-bond donors (Lipinski definition) is 1. The Morgan fingerprint density at radius 3 is 2.86 bits per heavy atom. The van der Waals surface area contributed by atoms with Crippen molar-refractivity contribution in [2.24, 2.45) is 0 Å². The number of benzene rings is 2. The monoisotopic (exact) mass is 411 g/mol. The van der Waals surface area contributed by atoms with Crippen molar-refractivity contribution >= 4 is 34.3 Å². The Bertz CT molecular complexity index is 1130. The SMILES string of the molecule is CCCn1c(SC(C)C(=O)Nc2ccc3c(c2)OCO3)nc2ccccc2c1=O. The standard InChI is InChI=1S/C21H21N3O4S/c1-3-10-24-20(26)15-6-4-5-7-16(15)23-21(24)29-13(2)19(25)22-14-8-9-17-18(11-14)28-12-27-17/h4-9,11,13H,3,10,12H2,1-2H3,(H,22,25). The molecule has 1 aromatic heterocycles. The second-order valence-corrected chi connectivity index (χ2v) is 7.99. The van der Waals surface area contributed by atoms with Crippen LogP contribution in [0.15, 0.2) is 52.4 Å². The highest BCUT2D eigenvalue weighted by Gasteiger charge is 2.20. The zero-order valence-electron chi connectivity index (χ0n) is 16.2. The molecule has 0 bridgehead atoms. The number of nitrogens with zero attached hydrogens (tertiary/aromatic N) is 2. The summed E-state index contributed by atoms with van der Waals surface area (Å²) >= 11 is 1.28. The second kappa shape index (κ2) is 8.16. The highest BCUT2D eigenvalue weighted by Crippen LogP contribution is 2.34. The van der Waals surface area contributed by atoms with E-state index >= 15 is 0 Å². The minimum Gasteiger partial charge on any atom is -0.454 e. The number of aromatic nitrogens is 2. The maximum atomic E-state index is 12.9. The molecule has 7 nitrogen and oxygen atoms in total. The van der Waals surface area contributed by atoms with E-state index in [1.165, 1.54) is 11.8 Å². The van der Waals surface area contributed by atoms with Gasteiger partial charge in [0, 0.05) is 18.3 Å². The van der Waals surface area contributed by atoms with Gasteiger partial charge in [-0.05, 0) is 37.6 Å². The van der Waals surface area contributed by atoms with Crippen LogP contribution in [0.4, 0.5) is 5.69 Å². The van der Waals surface area contributed by atoms with Crippen LogP contribution in [-0.4, -0.2) is 27.5 Å². The Labute approximate surface area is 172 Å². The summed E-state index contributed by atoms with van der Waals surface area (Å²) in [5.74, 6) is 1.09. The number of ether oxygens (including phenoxy) is 2. The normalized spacial score (nSPS) is 13.4. The van der Waals surface area contributed by atoms with E-state index in [2.05, 4.69) is 10.3 Å². The Morgan fingerprint density at radius 1 is 1.24 bits per heavy atom. The first-order valence-corrected chi connectivity index (χ1v) is 10.3. The summed E-state index contributed by atoms with van der Waals surface area (Å²) in [4.78, 5) is 30.2. The van der Waals surface area contributed by atoms with E-state index in [9.17, 15) is 9.59 Å². The van der Waals surface area contributed by atoms with Crippen LogP contribution >= 0.6 is 11.8 Å². The Kier molecular flexibility index (Phi) is 5.44. The van der Waals surface area contributed by atoms with Crippen LogP contribution in [0.2, 0.25) is 0 Å². The summed E-state index contributed by atoms with van der Waals surface area (Å²) in [7, 11) is 0. The van der Waals surface area contributed by atoms with Gasteiger partial charge in [-0.25, -0.2) is 4.98 Å². The third kappa shape index (κ3) is 3.93. The lowest BCUT2D eigenvalue weighted by molar-refractivity contribution is -0.115. The number of hydrogen-bond acceptors (Lipinski definition) is 6. The number of anilines is 1. The van der Waals surface area contributed by atoms with Gasteiger partial charge in [0.15, 0.2) is 16.7 Å². The average molecular weight is 411 g/mol. The highest BCUT2D eigenvalue weighted by molar-refractivity contribution is 8.00. The largest absolute Gasteiger partial charge is 0.454 e. The Hall–Kier alpha value is -3.00. The molecule has 1 aliphatic heterocycles. The van der Waals surface area contributed by atoms with Gasteiger partial charge in [-0.1, -0.05) is 30.8 Å². The van der Waals surface area contributed by atoms with Gasteiger partial charge >= 0.3 is 0 Å². The molecule has 8 heteroatoms. The van der Waals surface area contributed by atoms with Crippen molar-refractivity contribution in [3.63, 3.8) is 0 Å². The van der Waals surface area contributed by atoms with Gasteiger partial charge in [0.25, 0.3) is 5.56 Å². The smallest absolute Gasteiger partial charge is 0.262 e. The van der Waals surface area contributed by atoms with Crippen molar-refractivity contribution in [2.75, 3.05) is 12.1 Å². The molecule has 0 saturated heterocycles. The third-order valence-corrected chi connectivity index (χ3v) is 5.66. The number of thioether (sulfide) groups is 1. The number of carbonyl (C=O) groups excluding carboxylic acids is 1. The van der Waals surface area contributed by atoms with Crippen LogP contribution in [-0.2, 0) is 11.3 Å². The second-order valence-electron chi connectivity index (χ2n) is 6.69. The summed E-state index contributed by atoms with van der Waals surface area (Å²) < 4.78 is 12.3. The summed E-state index contributed by atoms with van der Waals surface area (Å²) in [5, 5.41) is 3.57. The van der Waals surface area contributed by atoms with Crippen molar-refractivity contribution in [1.29, 1.82) is 0 Å². The van der Waals surface area contributed by atoms with Gasteiger partial charge in [0.05, 0.1) is 16.2 Å². The van der Waals surface area contributed by atoms with E-state index < -0.39 is 5.25 Å². The number of nitrogens with one attached hydrogen (secondary N) is 1. The van der Waals surface area contributed by atoms with Crippen molar-refractivity contribution in [3.05, 3.63) is 52.8 Å². The first kappa shape index (κ1) is 19.3. The molecule has 0 aliphatic carbocycles. The van der Waals surface area contributed by atoms with Crippen LogP contribution in [0, 0.1) is 0 Å². The molecule has 0 saturated carbocycles. The molecule has 29 heavy (non-hydrogen) atoms.